The molecule has 3 heteroatoms. The number of aliphatic hydroxyl groups is 1. The zero-order valence-electron chi connectivity index (χ0n) is 11.6. The number of aliphatic hydroxyl groups excluding tert-OH is 1. The van der Waals surface area contributed by atoms with E-state index in [0.717, 1.165) is 13.0 Å². The minimum absolute atomic E-state index is 0.0261. The lowest BCUT2D eigenvalue weighted by Crippen LogP contribution is -2.46. The summed E-state index contributed by atoms with van der Waals surface area (Å²) >= 11 is 0. The molecular weight excluding hydrogens is 224 g/mol. The van der Waals surface area contributed by atoms with Gasteiger partial charge in [0.1, 0.15) is 0 Å². The van der Waals surface area contributed by atoms with Crippen LogP contribution in [0.2, 0.25) is 0 Å². The van der Waals surface area contributed by atoms with E-state index in [1.54, 1.807) is 0 Å². The van der Waals surface area contributed by atoms with E-state index in [1.807, 2.05) is 0 Å². The molecule has 2 rings (SSSR count). The zero-order valence-corrected chi connectivity index (χ0v) is 11.6. The van der Waals surface area contributed by atoms with Crippen LogP contribution in [0.5, 0.6) is 0 Å². The molecule has 1 atom stereocenters. The number of nitrogens with one attached hydrogen (secondary N) is 1. The second kappa shape index (κ2) is 5.29. The lowest BCUT2D eigenvalue weighted by atomic mass is 10.0. The molecule has 1 aliphatic rings. The molecule has 0 saturated carbocycles. The fourth-order valence-corrected chi connectivity index (χ4v) is 2.61. The van der Waals surface area contributed by atoms with Gasteiger partial charge in [0.2, 0.25) is 0 Å². The molecule has 1 aliphatic heterocycles. The Morgan fingerprint density at radius 1 is 1.39 bits per heavy atom. The Hall–Kier alpha value is -1.06. The monoisotopic (exact) mass is 248 g/mol. The van der Waals surface area contributed by atoms with E-state index in [4.69, 9.17) is 0 Å². The Bertz CT molecular complexity index is 403. The largest absolute Gasteiger partial charge is 0.390 e. The molecule has 0 amide bonds. The van der Waals surface area contributed by atoms with Gasteiger partial charge in [0.05, 0.1) is 6.10 Å². The first-order valence-corrected chi connectivity index (χ1v) is 6.78. The van der Waals surface area contributed by atoms with Crippen LogP contribution < -0.4 is 10.2 Å². The van der Waals surface area contributed by atoms with Gasteiger partial charge in [-0.15, -0.1) is 0 Å². The quantitative estimate of drug-likeness (QED) is 0.838. The molecular formula is C15H24N2O. The lowest BCUT2D eigenvalue weighted by molar-refractivity contribution is 0.179. The predicted octanol–water partition coefficient (Wildman–Crippen LogP) is 1.80. The van der Waals surface area contributed by atoms with Crippen molar-refractivity contribution in [3.63, 3.8) is 0 Å². The summed E-state index contributed by atoms with van der Waals surface area (Å²) in [5.74, 6) is 0. The fourth-order valence-electron chi connectivity index (χ4n) is 2.61. The summed E-state index contributed by atoms with van der Waals surface area (Å²) in [5.41, 5.74) is 2.64. The lowest BCUT2D eigenvalue weighted by Gasteiger charge is -2.32. The van der Waals surface area contributed by atoms with Crippen LogP contribution in [-0.2, 0) is 6.42 Å². The van der Waals surface area contributed by atoms with Crippen molar-refractivity contribution in [3.8, 4) is 0 Å². The molecule has 0 bridgehead atoms. The normalized spacial score (nSPS) is 23.8. The average Bonchev–Trinajstić information content (AvgIpc) is 2.48. The van der Waals surface area contributed by atoms with Gasteiger partial charge in [0.15, 0.2) is 0 Å². The number of β-amino-alcohol motifs (C(OH)–C–C–N with tert-alkyl or cyclic N) is 1. The molecule has 1 aromatic carbocycles. The summed E-state index contributed by atoms with van der Waals surface area (Å²) in [6, 6.07) is 8.49. The summed E-state index contributed by atoms with van der Waals surface area (Å²) in [5, 5.41) is 13.4. The van der Waals surface area contributed by atoms with Gasteiger partial charge in [0, 0.05) is 30.9 Å². The maximum absolute atomic E-state index is 10.0. The number of para-hydroxylation sites is 1. The molecule has 0 aromatic heterocycles. The third-order valence-electron chi connectivity index (χ3n) is 3.55. The number of aryl methyl sites for hydroxylation is 1. The van der Waals surface area contributed by atoms with Crippen LogP contribution in [0.15, 0.2) is 24.3 Å². The zero-order chi connectivity index (χ0) is 13.2. The highest BCUT2D eigenvalue weighted by Crippen LogP contribution is 2.24. The van der Waals surface area contributed by atoms with E-state index in [9.17, 15) is 5.11 Å². The number of benzene rings is 1. The minimum atomic E-state index is -0.309. The second-order valence-electron chi connectivity index (χ2n) is 5.78. The molecule has 3 nitrogen and oxygen atoms in total. The first kappa shape index (κ1) is 13.4. The number of hydrogen-bond acceptors (Lipinski definition) is 3. The van der Waals surface area contributed by atoms with E-state index < -0.39 is 0 Å². The Balaban J connectivity index is 2.29. The Morgan fingerprint density at radius 2 is 2.11 bits per heavy atom. The van der Waals surface area contributed by atoms with Crippen LogP contribution >= 0.6 is 0 Å². The molecule has 2 N–H and O–H groups in total. The smallest absolute Gasteiger partial charge is 0.0839 e. The molecule has 1 aromatic rings. The first-order chi connectivity index (χ1) is 8.52. The Labute approximate surface area is 110 Å². The van der Waals surface area contributed by atoms with Gasteiger partial charge < -0.3 is 15.3 Å². The van der Waals surface area contributed by atoms with Gasteiger partial charge in [0.25, 0.3) is 0 Å². The Kier molecular flexibility index (Phi) is 3.93. The van der Waals surface area contributed by atoms with Crippen molar-refractivity contribution < 1.29 is 5.11 Å². The van der Waals surface area contributed by atoms with Crippen LogP contribution in [0.3, 0.4) is 0 Å². The van der Waals surface area contributed by atoms with E-state index >= 15 is 0 Å². The van der Waals surface area contributed by atoms with Crippen LogP contribution in [0.4, 0.5) is 5.69 Å². The average molecular weight is 248 g/mol. The van der Waals surface area contributed by atoms with Gasteiger partial charge in [-0.1, -0.05) is 25.1 Å². The predicted molar refractivity (Wildman–Crippen MR) is 76.1 cm³/mol. The molecule has 1 fully saturated rings. The molecule has 100 valence electrons. The number of nitrogens with zero attached hydrogens (tertiary/aromatic N) is 1. The van der Waals surface area contributed by atoms with E-state index in [1.165, 1.54) is 11.3 Å². The van der Waals surface area contributed by atoms with Crippen molar-refractivity contribution in [2.45, 2.75) is 38.8 Å². The summed E-state index contributed by atoms with van der Waals surface area (Å²) in [6.07, 6.45) is 0.716. The molecule has 0 spiro atoms. The van der Waals surface area contributed by atoms with E-state index in [2.05, 4.69) is 55.3 Å². The van der Waals surface area contributed by atoms with E-state index in [0.29, 0.717) is 13.1 Å². The summed E-state index contributed by atoms with van der Waals surface area (Å²) in [4.78, 5) is 2.31. The summed E-state index contributed by atoms with van der Waals surface area (Å²) in [7, 11) is 0. The van der Waals surface area contributed by atoms with Crippen molar-refractivity contribution in [1.82, 2.24) is 5.32 Å². The molecule has 18 heavy (non-hydrogen) atoms. The van der Waals surface area contributed by atoms with Crippen LogP contribution in [0, 0.1) is 0 Å². The molecule has 1 saturated heterocycles. The third kappa shape index (κ3) is 3.03. The number of rotatable bonds is 2. The van der Waals surface area contributed by atoms with Crippen LogP contribution in [0.1, 0.15) is 26.3 Å². The highest BCUT2D eigenvalue weighted by atomic mass is 16.3. The van der Waals surface area contributed by atoms with Crippen molar-refractivity contribution >= 4 is 5.69 Å². The van der Waals surface area contributed by atoms with Crippen LogP contribution in [-0.4, -0.2) is 36.4 Å². The third-order valence-corrected chi connectivity index (χ3v) is 3.55. The second-order valence-corrected chi connectivity index (χ2v) is 5.78. The highest BCUT2D eigenvalue weighted by molar-refractivity contribution is 5.54. The molecule has 0 aliphatic carbocycles. The van der Waals surface area contributed by atoms with Crippen LogP contribution in [0.25, 0.3) is 0 Å². The van der Waals surface area contributed by atoms with Gasteiger partial charge in [-0.2, -0.15) is 0 Å². The molecule has 0 radical (unpaired) electrons. The van der Waals surface area contributed by atoms with Gasteiger partial charge >= 0.3 is 0 Å². The SMILES string of the molecule is CCc1ccccc1N1CC(O)CNC(C)(C)C1. The summed E-state index contributed by atoms with van der Waals surface area (Å²) in [6.45, 7) is 8.84. The summed E-state index contributed by atoms with van der Waals surface area (Å²) < 4.78 is 0. The van der Waals surface area contributed by atoms with E-state index in [-0.39, 0.29) is 11.6 Å². The van der Waals surface area contributed by atoms with Gasteiger partial charge in [-0.25, -0.2) is 0 Å². The van der Waals surface area contributed by atoms with Crippen molar-refractivity contribution in [1.29, 1.82) is 0 Å². The Morgan fingerprint density at radius 3 is 2.83 bits per heavy atom. The number of anilines is 1. The van der Waals surface area contributed by atoms with Crippen molar-refractivity contribution in [3.05, 3.63) is 29.8 Å². The molecule has 1 heterocycles. The minimum Gasteiger partial charge on any atom is -0.390 e. The van der Waals surface area contributed by atoms with Crippen molar-refractivity contribution in [2.24, 2.45) is 0 Å². The molecule has 1 unspecified atom stereocenters. The van der Waals surface area contributed by atoms with Gasteiger partial charge in [-0.3, -0.25) is 0 Å². The fraction of sp³-hybridized carbons (Fsp3) is 0.600. The highest BCUT2D eigenvalue weighted by Gasteiger charge is 2.28. The first-order valence-electron chi connectivity index (χ1n) is 6.78. The maximum atomic E-state index is 10.0. The maximum Gasteiger partial charge on any atom is 0.0839 e. The topological polar surface area (TPSA) is 35.5 Å². The van der Waals surface area contributed by atoms with Crippen molar-refractivity contribution in [2.75, 3.05) is 24.5 Å². The number of hydrogen-bond donors (Lipinski definition) is 2. The standard InChI is InChI=1S/C15H24N2O/c1-4-12-7-5-6-8-14(12)17-10-13(18)9-16-15(2,3)11-17/h5-8,13,16,18H,4,9-11H2,1-3H3. The van der Waals surface area contributed by atoms with Gasteiger partial charge in [-0.05, 0) is 31.9 Å².